The quantitative estimate of drug-likeness (QED) is 0.753. The number of aromatic nitrogens is 2. The molecule has 0 unspecified atom stereocenters. The van der Waals surface area contributed by atoms with Crippen molar-refractivity contribution in [1.29, 1.82) is 0 Å². The largest absolute Gasteiger partial charge is 0.461 e. The number of para-hydroxylation sites is 1. The normalized spacial score (nSPS) is 11.6. The first-order valence-electron chi connectivity index (χ1n) is 7.40. The van der Waals surface area contributed by atoms with Gasteiger partial charge in [0.1, 0.15) is 11.3 Å². The summed E-state index contributed by atoms with van der Waals surface area (Å²) in [4.78, 5) is 6.38. The molecular formula is C16H20N4O2. The molecule has 3 aromatic rings. The lowest BCUT2D eigenvalue weighted by atomic mass is 10.1. The van der Waals surface area contributed by atoms with Crippen molar-refractivity contribution in [1.82, 2.24) is 15.0 Å². The molecule has 22 heavy (non-hydrogen) atoms. The molecule has 0 bridgehead atoms. The Morgan fingerprint density at radius 2 is 2.05 bits per heavy atom. The maximum Gasteiger partial charge on any atom is 0.240 e. The summed E-state index contributed by atoms with van der Waals surface area (Å²) in [5.41, 5.74) is 7.64. The van der Waals surface area contributed by atoms with Crippen LogP contribution in [0, 0.1) is 0 Å². The Kier molecular flexibility index (Phi) is 4.22. The van der Waals surface area contributed by atoms with E-state index in [1.165, 1.54) is 10.9 Å². The second-order valence-electron chi connectivity index (χ2n) is 5.33. The van der Waals surface area contributed by atoms with Crippen LogP contribution >= 0.6 is 0 Å². The Bertz CT molecular complexity index is 762. The van der Waals surface area contributed by atoms with Gasteiger partial charge in [0.05, 0.1) is 13.1 Å². The Morgan fingerprint density at radius 3 is 2.77 bits per heavy atom. The highest BCUT2D eigenvalue weighted by Crippen LogP contribution is 2.27. The van der Waals surface area contributed by atoms with Gasteiger partial charge in [-0.2, -0.15) is 4.98 Å². The summed E-state index contributed by atoms with van der Waals surface area (Å²) in [5.74, 6) is 2.14. The third kappa shape index (κ3) is 2.88. The van der Waals surface area contributed by atoms with Crippen LogP contribution in [0.2, 0.25) is 0 Å². The van der Waals surface area contributed by atoms with Crippen LogP contribution in [0.5, 0.6) is 0 Å². The second kappa shape index (κ2) is 6.29. The van der Waals surface area contributed by atoms with E-state index in [0.717, 1.165) is 24.3 Å². The van der Waals surface area contributed by atoms with Crippen LogP contribution in [0.1, 0.15) is 30.0 Å². The molecule has 0 spiro atoms. The summed E-state index contributed by atoms with van der Waals surface area (Å²) < 4.78 is 11.0. The fraction of sp³-hybridized carbons (Fsp3) is 0.375. The molecule has 0 aliphatic carbocycles. The van der Waals surface area contributed by atoms with Crippen molar-refractivity contribution in [3.05, 3.63) is 47.3 Å². The van der Waals surface area contributed by atoms with E-state index in [-0.39, 0.29) is 6.54 Å². The maximum absolute atomic E-state index is 5.93. The zero-order chi connectivity index (χ0) is 15.5. The van der Waals surface area contributed by atoms with Crippen LogP contribution in [0.3, 0.4) is 0 Å². The van der Waals surface area contributed by atoms with Crippen LogP contribution in [0.25, 0.3) is 11.0 Å². The van der Waals surface area contributed by atoms with Crippen molar-refractivity contribution in [3.8, 4) is 0 Å². The van der Waals surface area contributed by atoms with Crippen LogP contribution in [-0.2, 0) is 26.1 Å². The van der Waals surface area contributed by atoms with Crippen molar-refractivity contribution in [2.24, 2.45) is 5.73 Å². The highest BCUT2D eigenvalue weighted by Gasteiger charge is 2.15. The van der Waals surface area contributed by atoms with E-state index in [0.29, 0.717) is 18.3 Å². The molecule has 1 aromatic carbocycles. The van der Waals surface area contributed by atoms with Gasteiger partial charge in [-0.25, -0.2) is 0 Å². The Morgan fingerprint density at radius 1 is 1.23 bits per heavy atom. The van der Waals surface area contributed by atoms with Crippen LogP contribution in [-0.4, -0.2) is 22.1 Å². The van der Waals surface area contributed by atoms with E-state index in [2.05, 4.69) is 28.0 Å². The number of hydrogen-bond acceptors (Lipinski definition) is 6. The van der Waals surface area contributed by atoms with Gasteiger partial charge in [0.2, 0.25) is 5.89 Å². The van der Waals surface area contributed by atoms with Gasteiger partial charge in [0, 0.05) is 23.9 Å². The average molecular weight is 300 g/mol. The van der Waals surface area contributed by atoms with Crippen molar-refractivity contribution in [3.63, 3.8) is 0 Å². The molecule has 2 heterocycles. The van der Waals surface area contributed by atoms with Crippen molar-refractivity contribution in [2.75, 3.05) is 7.05 Å². The SMILES string of the molecule is CCc1oc2ccccc2c1CN(C)Cc1noc(CN)n1. The van der Waals surface area contributed by atoms with Gasteiger partial charge in [0.25, 0.3) is 0 Å². The lowest BCUT2D eigenvalue weighted by Gasteiger charge is -2.14. The molecule has 2 N–H and O–H groups in total. The number of rotatable bonds is 6. The first-order chi connectivity index (χ1) is 10.7. The van der Waals surface area contributed by atoms with Crippen LogP contribution in [0.15, 0.2) is 33.2 Å². The molecule has 116 valence electrons. The predicted molar refractivity (Wildman–Crippen MR) is 83.0 cm³/mol. The summed E-state index contributed by atoms with van der Waals surface area (Å²) in [6, 6.07) is 8.13. The standard InChI is InChI=1S/C16H20N4O2/c1-3-13-12(11-6-4-5-7-14(11)21-13)9-20(2)10-15-18-16(8-17)22-19-15/h4-7H,3,8-10,17H2,1-2H3. The molecule has 0 fully saturated rings. The van der Waals surface area contributed by atoms with Crippen LogP contribution < -0.4 is 5.73 Å². The molecule has 0 aliphatic heterocycles. The molecule has 0 aliphatic rings. The zero-order valence-corrected chi connectivity index (χ0v) is 12.9. The summed E-state index contributed by atoms with van der Waals surface area (Å²) in [6.07, 6.45) is 0.872. The minimum Gasteiger partial charge on any atom is -0.461 e. The molecule has 0 atom stereocenters. The Hall–Kier alpha value is -2.18. The van der Waals surface area contributed by atoms with Gasteiger partial charge in [-0.05, 0) is 13.1 Å². The van der Waals surface area contributed by atoms with Gasteiger partial charge < -0.3 is 14.7 Å². The van der Waals surface area contributed by atoms with Crippen molar-refractivity contribution < 1.29 is 8.94 Å². The molecular weight excluding hydrogens is 280 g/mol. The molecule has 0 saturated carbocycles. The number of nitrogens with zero attached hydrogens (tertiary/aromatic N) is 3. The van der Waals surface area contributed by atoms with Crippen molar-refractivity contribution in [2.45, 2.75) is 33.0 Å². The summed E-state index contributed by atoms with van der Waals surface area (Å²) in [7, 11) is 2.03. The van der Waals surface area contributed by atoms with E-state index >= 15 is 0 Å². The van der Waals surface area contributed by atoms with Crippen molar-refractivity contribution >= 4 is 11.0 Å². The smallest absolute Gasteiger partial charge is 0.240 e. The molecule has 0 amide bonds. The predicted octanol–water partition coefficient (Wildman–Crippen LogP) is 2.47. The molecule has 3 rings (SSSR count). The second-order valence-corrected chi connectivity index (χ2v) is 5.33. The fourth-order valence-corrected chi connectivity index (χ4v) is 2.61. The number of hydrogen-bond donors (Lipinski definition) is 1. The lowest BCUT2D eigenvalue weighted by molar-refractivity contribution is 0.298. The minimum absolute atomic E-state index is 0.267. The summed E-state index contributed by atoms with van der Waals surface area (Å²) >= 11 is 0. The van der Waals surface area contributed by atoms with Gasteiger partial charge >= 0.3 is 0 Å². The first-order valence-corrected chi connectivity index (χ1v) is 7.40. The third-order valence-corrected chi connectivity index (χ3v) is 3.63. The van der Waals surface area contributed by atoms with E-state index in [1.807, 2.05) is 25.2 Å². The average Bonchev–Trinajstić information content (AvgIpc) is 3.12. The van der Waals surface area contributed by atoms with E-state index < -0.39 is 0 Å². The molecule has 6 nitrogen and oxygen atoms in total. The summed E-state index contributed by atoms with van der Waals surface area (Å²) in [5, 5.41) is 5.10. The number of benzene rings is 1. The highest BCUT2D eigenvalue weighted by molar-refractivity contribution is 5.82. The third-order valence-electron chi connectivity index (χ3n) is 3.63. The molecule has 0 radical (unpaired) electrons. The Labute approximate surface area is 128 Å². The first kappa shape index (κ1) is 14.7. The number of aryl methyl sites for hydroxylation is 1. The van der Waals surface area contributed by atoms with Gasteiger partial charge in [-0.3, -0.25) is 4.90 Å². The lowest BCUT2D eigenvalue weighted by Crippen LogP contribution is -2.18. The molecule has 0 saturated heterocycles. The Balaban J connectivity index is 1.79. The van der Waals surface area contributed by atoms with E-state index in [9.17, 15) is 0 Å². The van der Waals surface area contributed by atoms with Gasteiger partial charge in [-0.1, -0.05) is 30.3 Å². The van der Waals surface area contributed by atoms with E-state index in [1.54, 1.807) is 0 Å². The number of nitrogens with two attached hydrogens (primary N) is 1. The monoisotopic (exact) mass is 300 g/mol. The topological polar surface area (TPSA) is 81.3 Å². The number of furan rings is 1. The number of fused-ring (bicyclic) bond motifs is 1. The zero-order valence-electron chi connectivity index (χ0n) is 12.9. The van der Waals surface area contributed by atoms with Gasteiger partial charge in [0.15, 0.2) is 5.82 Å². The van der Waals surface area contributed by atoms with Gasteiger partial charge in [-0.15, -0.1) is 0 Å². The highest BCUT2D eigenvalue weighted by atomic mass is 16.5. The molecule has 2 aromatic heterocycles. The fourth-order valence-electron chi connectivity index (χ4n) is 2.61. The molecule has 6 heteroatoms. The summed E-state index contributed by atoms with van der Waals surface area (Å²) in [6.45, 7) is 3.75. The van der Waals surface area contributed by atoms with E-state index in [4.69, 9.17) is 14.7 Å². The minimum atomic E-state index is 0.267. The maximum atomic E-state index is 5.93. The van der Waals surface area contributed by atoms with Crippen LogP contribution in [0.4, 0.5) is 0 Å².